The van der Waals surface area contributed by atoms with Gasteiger partial charge in [-0.05, 0) is 25.1 Å². The van der Waals surface area contributed by atoms with Crippen LogP contribution in [0.3, 0.4) is 0 Å². The number of nitrogens with zero attached hydrogens (tertiary/aromatic N) is 1. The predicted octanol–water partition coefficient (Wildman–Crippen LogP) is 0.148. The zero-order valence-corrected chi connectivity index (χ0v) is 10.4. The van der Waals surface area contributed by atoms with Crippen molar-refractivity contribution in [2.45, 2.75) is 11.8 Å². The normalized spacial score (nSPS) is 10.4. The number of anilines is 1. The summed E-state index contributed by atoms with van der Waals surface area (Å²) in [5.74, 6) is 0. The van der Waals surface area contributed by atoms with E-state index in [-0.39, 0.29) is 22.7 Å². The molecule has 0 saturated heterocycles. The van der Waals surface area contributed by atoms with E-state index in [2.05, 4.69) is 5.32 Å². The SMILES string of the molecule is CCNC(=O)NS(=O)(=O)c1ccc(N)cc1C#N. The number of urea groups is 1. The molecule has 18 heavy (non-hydrogen) atoms. The Balaban J connectivity index is 3.14. The molecule has 0 atom stereocenters. The Kier molecular flexibility index (Phi) is 4.12. The molecule has 0 bridgehead atoms. The molecule has 0 spiro atoms. The zero-order chi connectivity index (χ0) is 13.8. The number of carbonyl (C=O) groups is 1. The average molecular weight is 268 g/mol. The van der Waals surface area contributed by atoms with Crippen LogP contribution in [0.1, 0.15) is 12.5 Å². The summed E-state index contributed by atoms with van der Waals surface area (Å²) in [6.45, 7) is 1.93. The van der Waals surface area contributed by atoms with E-state index in [1.165, 1.54) is 18.2 Å². The quantitative estimate of drug-likeness (QED) is 0.673. The van der Waals surface area contributed by atoms with Gasteiger partial charge in [0.05, 0.1) is 5.56 Å². The number of nitrogen functional groups attached to an aromatic ring is 1. The predicted molar refractivity (Wildman–Crippen MR) is 65.0 cm³/mol. The fourth-order valence-electron chi connectivity index (χ4n) is 1.24. The number of nitriles is 1. The lowest BCUT2D eigenvalue weighted by Crippen LogP contribution is -2.39. The molecule has 0 aliphatic heterocycles. The van der Waals surface area contributed by atoms with Gasteiger partial charge in [0.15, 0.2) is 0 Å². The van der Waals surface area contributed by atoms with Gasteiger partial charge in [-0.1, -0.05) is 0 Å². The number of nitrogens with two attached hydrogens (primary N) is 1. The third kappa shape index (κ3) is 3.11. The molecule has 2 amide bonds. The summed E-state index contributed by atoms with van der Waals surface area (Å²) in [5, 5.41) is 11.1. The number of hydrogen-bond acceptors (Lipinski definition) is 5. The van der Waals surface area contributed by atoms with Crippen LogP contribution in [0.4, 0.5) is 10.5 Å². The largest absolute Gasteiger partial charge is 0.399 e. The van der Waals surface area contributed by atoms with E-state index in [1.54, 1.807) is 17.7 Å². The summed E-state index contributed by atoms with van der Waals surface area (Å²) in [4.78, 5) is 10.9. The van der Waals surface area contributed by atoms with Crippen LogP contribution in [-0.2, 0) is 10.0 Å². The van der Waals surface area contributed by atoms with E-state index >= 15 is 0 Å². The molecule has 0 aliphatic rings. The molecule has 4 N–H and O–H groups in total. The first-order valence-electron chi connectivity index (χ1n) is 5.01. The lowest BCUT2D eigenvalue weighted by Gasteiger charge is -2.08. The highest BCUT2D eigenvalue weighted by atomic mass is 32.2. The van der Waals surface area contributed by atoms with Gasteiger partial charge < -0.3 is 11.1 Å². The Morgan fingerprint density at radius 3 is 2.72 bits per heavy atom. The summed E-state index contributed by atoms with van der Waals surface area (Å²) in [6, 6.07) is 4.61. The van der Waals surface area contributed by atoms with Gasteiger partial charge in [0, 0.05) is 12.2 Å². The van der Waals surface area contributed by atoms with Crippen molar-refractivity contribution in [3.8, 4) is 6.07 Å². The number of nitrogens with one attached hydrogen (secondary N) is 2. The monoisotopic (exact) mass is 268 g/mol. The van der Waals surface area contributed by atoms with E-state index in [0.717, 1.165) is 0 Å². The summed E-state index contributed by atoms with van der Waals surface area (Å²) >= 11 is 0. The van der Waals surface area contributed by atoms with Gasteiger partial charge in [0.25, 0.3) is 10.0 Å². The molecule has 1 aromatic carbocycles. The van der Waals surface area contributed by atoms with Crippen molar-refractivity contribution in [1.82, 2.24) is 10.0 Å². The molecular formula is C10H12N4O3S. The van der Waals surface area contributed by atoms with E-state index in [1.807, 2.05) is 0 Å². The van der Waals surface area contributed by atoms with Crippen molar-refractivity contribution in [3.05, 3.63) is 23.8 Å². The Morgan fingerprint density at radius 1 is 1.50 bits per heavy atom. The van der Waals surface area contributed by atoms with Gasteiger partial charge in [-0.25, -0.2) is 17.9 Å². The molecule has 7 nitrogen and oxygen atoms in total. The molecule has 96 valence electrons. The van der Waals surface area contributed by atoms with Gasteiger partial charge >= 0.3 is 6.03 Å². The van der Waals surface area contributed by atoms with Crippen LogP contribution in [0.2, 0.25) is 0 Å². The smallest absolute Gasteiger partial charge is 0.328 e. The molecule has 0 fully saturated rings. The van der Waals surface area contributed by atoms with Crippen LogP contribution in [0.25, 0.3) is 0 Å². The molecule has 1 aromatic rings. The minimum atomic E-state index is -4.08. The maximum Gasteiger partial charge on any atom is 0.328 e. The Hall–Kier alpha value is -2.27. The molecule has 0 aliphatic carbocycles. The standard InChI is InChI=1S/C10H12N4O3S/c1-2-13-10(15)14-18(16,17)9-4-3-8(12)5-7(9)6-11/h3-5H,2,12H2,1H3,(H2,13,14,15). The first-order chi connectivity index (χ1) is 8.40. The Morgan fingerprint density at radius 2 is 2.17 bits per heavy atom. The second-order valence-corrected chi connectivity index (χ2v) is 4.98. The molecule has 0 unspecified atom stereocenters. The van der Waals surface area contributed by atoms with Gasteiger partial charge in [-0.3, -0.25) is 0 Å². The second-order valence-electron chi connectivity index (χ2n) is 3.33. The van der Waals surface area contributed by atoms with Crippen LogP contribution in [0, 0.1) is 11.3 Å². The highest BCUT2D eigenvalue weighted by molar-refractivity contribution is 7.90. The number of benzene rings is 1. The van der Waals surface area contributed by atoms with E-state index in [9.17, 15) is 13.2 Å². The third-order valence-corrected chi connectivity index (χ3v) is 3.37. The van der Waals surface area contributed by atoms with Gasteiger partial charge in [-0.15, -0.1) is 0 Å². The topological polar surface area (TPSA) is 125 Å². The van der Waals surface area contributed by atoms with Crippen LogP contribution in [-0.4, -0.2) is 21.0 Å². The molecule has 8 heteroatoms. The Labute approximate surface area is 105 Å². The van der Waals surface area contributed by atoms with E-state index in [4.69, 9.17) is 11.0 Å². The summed E-state index contributed by atoms with van der Waals surface area (Å²) in [5.41, 5.74) is 5.60. The Bertz CT molecular complexity index is 604. The average Bonchev–Trinajstić information content (AvgIpc) is 2.27. The first kappa shape index (κ1) is 13.8. The lowest BCUT2D eigenvalue weighted by molar-refractivity contribution is 0.246. The maximum atomic E-state index is 11.8. The van der Waals surface area contributed by atoms with E-state index in [0.29, 0.717) is 0 Å². The van der Waals surface area contributed by atoms with Crippen molar-refractivity contribution in [2.75, 3.05) is 12.3 Å². The molecule has 1 rings (SSSR count). The van der Waals surface area contributed by atoms with Gasteiger partial charge in [0.1, 0.15) is 11.0 Å². The lowest BCUT2D eigenvalue weighted by atomic mass is 10.2. The molecule has 0 heterocycles. The van der Waals surface area contributed by atoms with Crippen molar-refractivity contribution in [3.63, 3.8) is 0 Å². The van der Waals surface area contributed by atoms with Crippen molar-refractivity contribution in [1.29, 1.82) is 5.26 Å². The third-order valence-electron chi connectivity index (χ3n) is 1.98. The highest BCUT2D eigenvalue weighted by Crippen LogP contribution is 2.17. The van der Waals surface area contributed by atoms with Gasteiger partial charge in [-0.2, -0.15) is 5.26 Å². The van der Waals surface area contributed by atoms with E-state index < -0.39 is 16.1 Å². The number of amides is 2. The minimum absolute atomic E-state index is 0.119. The number of carbonyl (C=O) groups excluding carboxylic acids is 1. The van der Waals surface area contributed by atoms with Crippen LogP contribution >= 0.6 is 0 Å². The van der Waals surface area contributed by atoms with Crippen molar-refractivity contribution in [2.24, 2.45) is 0 Å². The first-order valence-corrected chi connectivity index (χ1v) is 6.49. The van der Waals surface area contributed by atoms with Crippen LogP contribution in [0.15, 0.2) is 23.1 Å². The summed E-state index contributed by atoms with van der Waals surface area (Å²) in [7, 11) is -4.08. The second kappa shape index (κ2) is 5.37. The number of hydrogen-bond donors (Lipinski definition) is 3. The van der Waals surface area contributed by atoms with Gasteiger partial charge in [0.2, 0.25) is 0 Å². The minimum Gasteiger partial charge on any atom is -0.399 e. The van der Waals surface area contributed by atoms with Crippen molar-refractivity contribution >= 4 is 21.7 Å². The molecule has 0 aromatic heterocycles. The fraction of sp³-hybridized carbons (Fsp3) is 0.200. The summed E-state index contributed by atoms with van der Waals surface area (Å²) < 4.78 is 25.5. The van der Waals surface area contributed by atoms with Crippen LogP contribution < -0.4 is 15.8 Å². The van der Waals surface area contributed by atoms with Crippen LogP contribution in [0.5, 0.6) is 0 Å². The number of rotatable bonds is 3. The molecular weight excluding hydrogens is 256 g/mol. The van der Waals surface area contributed by atoms with Crippen molar-refractivity contribution < 1.29 is 13.2 Å². The summed E-state index contributed by atoms with van der Waals surface area (Å²) in [6.07, 6.45) is 0. The molecule has 0 radical (unpaired) electrons. The zero-order valence-electron chi connectivity index (χ0n) is 9.60. The molecule has 0 saturated carbocycles. The number of sulfonamides is 1. The highest BCUT2D eigenvalue weighted by Gasteiger charge is 2.21. The fourth-order valence-corrected chi connectivity index (χ4v) is 2.31. The maximum absolute atomic E-state index is 11.8.